The van der Waals surface area contributed by atoms with Gasteiger partial charge >= 0.3 is 0 Å². The number of hydrogen-bond acceptors (Lipinski definition) is 2. The number of halogens is 2. The van der Waals surface area contributed by atoms with Crippen molar-refractivity contribution in [2.75, 3.05) is 5.32 Å². The van der Waals surface area contributed by atoms with Crippen LogP contribution in [0.15, 0.2) is 18.2 Å². The van der Waals surface area contributed by atoms with E-state index in [0.29, 0.717) is 0 Å². The molecule has 0 saturated carbocycles. The topological polar surface area (TPSA) is 32.3 Å². The average Bonchev–Trinajstić information content (AvgIpc) is 2.09. The molecule has 0 bridgehead atoms. The quantitative estimate of drug-likeness (QED) is 0.837. The summed E-state index contributed by atoms with van der Waals surface area (Å²) in [4.78, 5) is 0. The summed E-state index contributed by atoms with van der Waals surface area (Å²) >= 11 is 8.05. The number of anilines is 1. The highest BCUT2D eigenvalue weighted by Gasteiger charge is 2.09. The normalized spacial score (nSPS) is 14.9. The molecule has 2 atom stereocenters. The highest BCUT2D eigenvalue weighted by atomic mass is 127. The Labute approximate surface area is 103 Å². The van der Waals surface area contributed by atoms with E-state index in [1.54, 1.807) is 6.92 Å². The summed E-state index contributed by atoms with van der Waals surface area (Å²) in [7, 11) is 0. The third kappa shape index (κ3) is 3.29. The van der Waals surface area contributed by atoms with Gasteiger partial charge < -0.3 is 10.4 Å². The Morgan fingerprint density at radius 3 is 2.57 bits per heavy atom. The summed E-state index contributed by atoms with van der Waals surface area (Å²) in [5.74, 6) is 0. The lowest BCUT2D eigenvalue weighted by Gasteiger charge is -2.18. The molecule has 2 N–H and O–H groups in total. The van der Waals surface area contributed by atoms with Crippen LogP contribution in [-0.2, 0) is 0 Å². The van der Waals surface area contributed by atoms with E-state index < -0.39 is 0 Å². The van der Waals surface area contributed by atoms with Crippen molar-refractivity contribution >= 4 is 39.9 Å². The molecule has 0 aliphatic heterocycles. The lowest BCUT2D eigenvalue weighted by Crippen LogP contribution is -2.28. The molecule has 0 spiro atoms. The van der Waals surface area contributed by atoms with E-state index in [1.165, 1.54) is 0 Å². The van der Waals surface area contributed by atoms with Crippen molar-refractivity contribution < 1.29 is 5.11 Å². The van der Waals surface area contributed by atoms with Crippen molar-refractivity contribution in [2.45, 2.75) is 26.0 Å². The number of aliphatic hydroxyl groups excluding tert-OH is 1. The zero-order chi connectivity index (χ0) is 10.7. The van der Waals surface area contributed by atoms with Gasteiger partial charge in [0.1, 0.15) is 0 Å². The summed E-state index contributed by atoms with van der Waals surface area (Å²) in [5, 5.41) is 13.3. The van der Waals surface area contributed by atoms with Gasteiger partial charge in [-0.25, -0.2) is 0 Å². The SMILES string of the molecule is CC(O)C(C)Nc1ccc(Cl)cc1I. The molecule has 14 heavy (non-hydrogen) atoms. The fourth-order valence-corrected chi connectivity index (χ4v) is 2.00. The number of benzene rings is 1. The minimum atomic E-state index is -0.374. The Bertz CT molecular complexity index is 317. The van der Waals surface area contributed by atoms with Gasteiger partial charge in [-0.1, -0.05) is 11.6 Å². The molecule has 1 rings (SSSR count). The third-order valence-electron chi connectivity index (χ3n) is 2.04. The van der Waals surface area contributed by atoms with Crippen molar-refractivity contribution in [2.24, 2.45) is 0 Å². The van der Waals surface area contributed by atoms with E-state index >= 15 is 0 Å². The van der Waals surface area contributed by atoms with E-state index in [-0.39, 0.29) is 12.1 Å². The minimum Gasteiger partial charge on any atom is -0.391 e. The zero-order valence-corrected chi connectivity index (χ0v) is 11.0. The highest BCUT2D eigenvalue weighted by molar-refractivity contribution is 14.1. The van der Waals surface area contributed by atoms with Crippen LogP contribution in [0.4, 0.5) is 5.69 Å². The smallest absolute Gasteiger partial charge is 0.0710 e. The first-order valence-electron chi connectivity index (χ1n) is 4.40. The monoisotopic (exact) mass is 325 g/mol. The van der Waals surface area contributed by atoms with Crippen LogP contribution in [0.3, 0.4) is 0 Å². The van der Waals surface area contributed by atoms with Crippen molar-refractivity contribution in [3.05, 3.63) is 26.8 Å². The van der Waals surface area contributed by atoms with Crippen LogP contribution in [0.2, 0.25) is 5.02 Å². The Kier molecular flexibility index (Phi) is 4.47. The van der Waals surface area contributed by atoms with E-state index in [1.807, 2.05) is 25.1 Å². The third-order valence-corrected chi connectivity index (χ3v) is 3.17. The predicted molar refractivity (Wildman–Crippen MR) is 68.9 cm³/mol. The van der Waals surface area contributed by atoms with Crippen LogP contribution in [0.5, 0.6) is 0 Å². The van der Waals surface area contributed by atoms with Gasteiger partial charge in [0.05, 0.1) is 6.10 Å². The van der Waals surface area contributed by atoms with Gasteiger partial charge in [0.25, 0.3) is 0 Å². The number of hydrogen-bond donors (Lipinski definition) is 2. The largest absolute Gasteiger partial charge is 0.391 e. The van der Waals surface area contributed by atoms with Gasteiger partial charge in [-0.3, -0.25) is 0 Å². The van der Waals surface area contributed by atoms with Crippen LogP contribution < -0.4 is 5.32 Å². The fourth-order valence-electron chi connectivity index (χ4n) is 0.972. The molecular formula is C10H13ClINO. The molecule has 0 aliphatic carbocycles. The molecule has 0 radical (unpaired) electrons. The van der Waals surface area contributed by atoms with Crippen LogP contribution >= 0.6 is 34.2 Å². The second-order valence-electron chi connectivity index (χ2n) is 3.30. The summed E-state index contributed by atoms with van der Waals surface area (Å²) in [6.07, 6.45) is -0.374. The molecule has 0 aliphatic rings. The number of aliphatic hydroxyl groups is 1. The maximum atomic E-state index is 9.34. The van der Waals surface area contributed by atoms with Crippen molar-refractivity contribution in [3.63, 3.8) is 0 Å². The summed E-state index contributed by atoms with van der Waals surface area (Å²) < 4.78 is 1.06. The van der Waals surface area contributed by atoms with E-state index in [4.69, 9.17) is 11.6 Å². The Morgan fingerprint density at radius 2 is 2.07 bits per heavy atom. The van der Waals surface area contributed by atoms with Crippen LogP contribution in [0.1, 0.15) is 13.8 Å². The standard InChI is InChI=1S/C10H13ClINO/c1-6(7(2)14)13-10-4-3-8(11)5-9(10)12/h3-7,13-14H,1-2H3. The Morgan fingerprint density at radius 1 is 1.43 bits per heavy atom. The molecule has 0 aromatic heterocycles. The molecular weight excluding hydrogens is 312 g/mol. The van der Waals surface area contributed by atoms with Gasteiger partial charge in [0.15, 0.2) is 0 Å². The average molecular weight is 326 g/mol. The molecule has 1 aromatic rings. The maximum absolute atomic E-state index is 9.34. The number of rotatable bonds is 3. The Balaban J connectivity index is 2.77. The van der Waals surface area contributed by atoms with Gasteiger partial charge in [0, 0.05) is 20.3 Å². The lowest BCUT2D eigenvalue weighted by atomic mass is 10.2. The number of nitrogens with one attached hydrogen (secondary N) is 1. The second kappa shape index (κ2) is 5.19. The van der Waals surface area contributed by atoms with Crippen molar-refractivity contribution in [3.8, 4) is 0 Å². The molecule has 0 saturated heterocycles. The highest BCUT2D eigenvalue weighted by Crippen LogP contribution is 2.23. The van der Waals surface area contributed by atoms with Crippen LogP contribution in [-0.4, -0.2) is 17.3 Å². The molecule has 4 heteroatoms. The van der Waals surface area contributed by atoms with Gasteiger partial charge in [0.2, 0.25) is 0 Å². The molecule has 2 nitrogen and oxygen atoms in total. The Hall–Kier alpha value is -0.000000000000000111. The second-order valence-corrected chi connectivity index (χ2v) is 4.90. The fraction of sp³-hybridized carbons (Fsp3) is 0.400. The van der Waals surface area contributed by atoms with Gasteiger partial charge in [-0.05, 0) is 54.6 Å². The summed E-state index contributed by atoms with van der Waals surface area (Å²) in [6, 6.07) is 5.67. The van der Waals surface area contributed by atoms with Crippen LogP contribution in [0.25, 0.3) is 0 Å². The molecule has 0 fully saturated rings. The first-order valence-corrected chi connectivity index (χ1v) is 5.86. The van der Waals surface area contributed by atoms with Crippen LogP contribution in [0, 0.1) is 3.57 Å². The first-order chi connectivity index (χ1) is 6.50. The molecule has 0 heterocycles. The predicted octanol–water partition coefficient (Wildman–Crippen LogP) is 3.13. The van der Waals surface area contributed by atoms with E-state index in [0.717, 1.165) is 14.3 Å². The molecule has 2 unspecified atom stereocenters. The van der Waals surface area contributed by atoms with E-state index in [2.05, 4.69) is 27.9 Å². The molecule has 78 valence electrons. The lowest BCUT2D eigenvalue weighted by molar-refractivity contribution is 0.178. The van der Waals surface area contributed by atoms with Gasteiger partial charge in [-0.15, -0.1) is 0 Å². The summed E-state index contributed by atoms with van der Waals surface area (Å²) in [6.45, 7) is 3.70. The first kappa shape index (κ1) is 12.1. The maximum Gasteiger partial charge on any atom is 0.0710 e. The molecule has 0 amide bonds. The summed E-state index contributed by atoms with van der Waals surface area (Å²) in [5.41, 5.74) is 1.00. The van der Waals surface area contributed by atoms with Gasteiger partial charge in [-0.2, -0.15) is 0 Å². The van der Waals surface area contributed by atoms with Crippen molar-refractivity contribution in [1.82, 2.24) is 0 Å². The molecule has 1 aromatic carbocycles. The minimum absolute atomic E-state index is 0.0321. The van der Waals surface area contributed by atoms with Crippen molar-refractivity contribution in [1.29, 1.82) is 0 Å². The zero-order valence-electron chi connectivity index (χ0n) is 8.09. The van der Waals surface area contributed by atoms with E-state index in [9.17, 15) is 5.11 Å².